The summed E-state index contributed by atoms with van der Waals surface area (Å²) in [7, 11) is -3.66. The topological polar surface area (TPSA) is 79.0 Å². The molecule has 1 fully saturated rings. The van der Waals surface area contributed by atoms with Crippen molar-refractivity contribution in [3.8, 4) is 5.75 Å². The Morgan fingerprint density at radius 2 is 1.66 bits per heavy atom. The fourth-order valence-corrected chi connectivity index (χ4v) is 4.51. The lowest BCUT2D eigenvalue weighted by Crippen LogP contribution is -2.50. The van der Waals surface area contributed by atoms with Crippen LogP contribution in [0.1, 0.15) is 6.92 Å². The third-order valence-corrected chi connectivity index (χ3v) is 6.51. The van der Waals surface area contributed by atoms with Crippen LogP contribution in [-0.2, 0) is 14.8 Å². The molecule has 0 aliphatic carbocycles. The quantitative estimate of drug-likeness (QED) is 0.741. The third kappa shape index (κ3) is 5.53. The molecule has 2 aromatic carbocycles. The first kappa shape index (κ1) is 21.2. The van der Waals surface area contributed by atoms with E-state index in [9.17, 15) is 17.6 Å². The Morgan fingerprint density at radius 1 is 1.03 bits per heavy atom. The number of amides is 1. The molecule has 0 bridgehead atoms. The van der Waals surface area contributed by atoms with Gasteiger partial charge in [-0.05, 0) is 55.5 Å². The van der Waals surface area contributed by atoms with Crippen molar-refractivity contribution in [2.24, 2.45) is 0 Å². The van der Waals surface area contributed by atoms with Gasteiger partial charge in [0.25, 0.3) is 0 Å². The molecule has 1 amide bonds. The fourth-order valence-electron chi connectivity index (χ4n) is 3.09. The largest absolute Gasteiger partial charge is 0.494 e. The van der Waals surface area contributed by atoms with Crippen molar-refractivity contribution in [1.29, 1.82) is 0 Å². The maximum Gasteiger partial charge on any atom is 0.243 e. The molecule has 0 aromatic heterocycles. The smallest absolute Gasteiger partial charge is 0.243 e. The number of halogens is 1. The Morgan fingerprint density at radius 3 is 2.24 bits per heavy atom. The zero-order valence-electron chi connectivity index (χ0n) is 16.2. The van der Waals surface area contributed by atoms with Crippen LogP contribution in [0, 0.1) is 5.82 Å². The van der Waals surface area contributed by atoms with Crippen LogP contribution in [0.15, 0.2) is 53.4 Å². The monoisotopic (exact) mass is 421 g/mol. The lowest BCUT2D eigenvalue weighted by molar-refractivity contribution is -0.117. The molecule has 0 radical (unpaired) electrons. The number of anilines is 1. The van der Waals surface area contributed by atoms with E-state index in [0.717, 1.165) is 17.9 Å². The van der Waals surface area contributed by atoms with Gasteiger partial charge in [-0.3, -0.25) is 9.69 Å². The van der Waals surface area contributed by atoms with Crippen molar-refractivity contribution in [3.63, 3.8) is 0 Å². The number of piperazine rings is 1. The highest BCUT2D eigenvalue weighted by atomic mass is 32.2. The number of ether oxygens (including phenoxy) is 1. The number of benzene rings is 2. The molecule has 0 saturated carbocycles. The lowest BCUT2D eigenvalue weighted by Gasteiger charge is -2.33. The minimum absolute atomic E-state index is 0.0700. The Hall–Kier alpha value is -2.49. The average Bonchev–Trinajstić information content (AvgIpc) is 2.70. The van der Waals surface area contributed by atoms with Crippen molar-refractivity contribution >= 4 is 21.6 Å². The SMILES string of the molecule is CCOc1ccc(NC(=O)CN2CCN(S(=O)(=O)c3ccc(F)cc3)CC2)cc1. The molecule has 3 rings (SSSR count). The van der Waals surface area contributed by atoms with E-state index in [4.69, 9.17) is 4.74 Å². The predicted molar refractivity (Wildman–Crippen MR) is 108 cm³/mol. The highest BCUT2D eigenvalue weighted by Crippen LogP contribution is 2.18. The number of sulfonamides is 1. The first-order chi connectivity index (χ1) is 13.9. The van der Waals surface area contributed by atoms with Gasteiger partial charge < -0.3 is 10.1 Å². The van der Waals surface area contributed by atoms with Gasteiger partial charge in [-0.2, -0.15) is 4.31 Å². The highest BCUT2D eigenvalue weighted by molar-refractivity contribution is 7.89. The van der Waals surface area contributed by atoms with Gasteiger partial charge >= 0.3 is 0 Å². The summed E-state index contributed by atoms with van der Waals surface area (Å²) < 4.78 is 45.0. The van der Waals surface area contributed by atoms with E-state index < -0.39 is 15.8 Å². The van der Waals surface area contributed by atoms with E-state index in [0.29, 0.717) is 25.4 Å². The molecule has 0 unspecified atom stereocenters. The molecular weight excluding hydrogens is 397 g/mol. The van der Waals surface area contributed by atoms with E-state index in [1.165, 1.54) is 16.4 Å². The van der Waals surface area contributed by atoms with Crippen LogP contribution in [0.2, 0.25) is 0 Å². The van der Waals surface area contributed by atoms with Crippen molar-refractivity contribution in [2.75, 3.05) is 44.6 Å². The standard InChI is InChI=1S/C20H24FN3O4S/c1-2-28-18-7-5-17(6-8-18)22-20(25)15-23-11-13-24(14-12-23)29(26,27)19-9-3-16(21)4-10-19/h3-10H,2,11-15H2,1H3,(H,22,25). The normalized spacial score (nSPS) is 15.8. The third-order valence-electron chi connectivity index (χ3n) is 4.60. The zero-order valence-corrected chi connectivity index (χ0v) is 17.0. The first-order valence-electron chi connectivity index (χ1n) is 9.39. The molecule has 2 aromatic rings. The summed E-state index contributed by atoms with van der Waals surface area (Å²) in [6, 6.07) is 11.9. The minimum atomic E-state index is -3.66. The Balaban J connectivity index is 1.50. The van der Waals surface area contributed by atoms with Crippen LogP contribution in [0.4, 0.5) is 10.1 Å². The van der Waals surface area contributed by atoms with E-state index in [2.05, 4.69) is 5.32 Å². The number of nitrogens with zero attached hydrogens (tertiary/aromatic N) is 2. The number of rotatable bonds is 7. The molecule has 1 aliphatic heterocycles. The summed E-state index contributed by atoms with van der Waals surface area (Å²) in [6.07, 6.45) is 0. The van der Waals surface area contributed by atoms with Gasteiger partial charge in [0, 0.05) is 31.9 Å². The average molecular weight is 421 g/mol. The molecule has 1 aliphatic rings. The zero-order chi connectivity index (χ0) is 20.9. The molecule has 156 valence electrons. The van der Waals surface area contributed by atoms with Crippen LogP contribution < -0.4 is 10.1 Å². The van der Waals surface area contributed by atoms with Gasteiger partial charge in [0.1, 0.15) is 11.6 Å². The molecule has 0 atom stereocenters. The van der Waals surface area contributed by atoms with Crippen LogP contribution >= 0.6 is 0 Å². The number of carbonyl (C=O) groups excluding carboxylic acids is 1. The lowest BCUT2D eigenvalue weighted by atomic mass is 10.3. The number of hydrogen-bond donors (Lipinski definition) is 1. The van der Waals surface area contributed by atoms with Gasteiger partial charge in [-0.1, -0.05) is 0 Å². The Bertz CT molecular complexity index is 925. The highest BCUT2D eigenvalue weighted by Gasteiger charge is 2.29. The van der Waals surface area contributed by atoms with Gasteiger partial charge in [0.05, 0.1) is 18.0 Å². The number of hydrogen-bond acceptors (Lipinski definition) is 5. The number of carbonyl (C=O) groups is 1. The molecule has 1 saturated heterocycles. The van der Waals surface area contributed by atoms with Crippen molar-refractivity contribution in [2.45, 2.75) is 11.8 Å². The van der Waals surface area contributed by atoms with Crippen LogP contribution in [0.3, 0.4) is 0 Å². The van der Waals surface area contributed by atoms with Crippen LogP contribution in [0.5, 0.6) is 5.75 Å². The fraction of sp³-hybridized carbons (Fsp3) is 0.350. The van der Waals surface area contributed by atoms with Gasteiger partial charge in [0.2, 0.25) is 15.9 Å². The van der Waals surface area contributed by atoms with E-state index in [-0.39, 0.29) is 30.4 Å². The minimum Gasteiger partial charge on any atom is -0.494 e. The molecule has 9 heteroatoms. The van der Waals surface area contributed by atoms with Crippen LogP contribution in [-0.4, -0.2) is 62.9 Å². The van der Waals surface area contributed by atoms with Crippen LogP contribution in [0.25, 0.3) is 0 Å². The maximum atomic E-state index is 13.0. The molecule has 1 N–H and O–H groups in total. The summed E-state index contributed by atoms with van der Waals surface area (Å²) in [6.45, 7) is 4.09. The Kier molecular flexibility index (Phi) is 6.83. The summed E-state index contributed by atoms with van der Waals surface area (Å²) in [5.74, 6) is 0.0975. The summed E-state index contributed by atoms with van der Waals surface area (Å²) in [5, 5.41) is 2.83. The first-order valence-corrected chi connectivity index (χ1v) is 10.8. The van der Waals surface area contributed by atoms with Crippen molar-refractivity contribution < 1.29 is 22.3 Å². The molecule has 7 nitrogen and oxygen atoms in total. The van der Waals surface area contributed by atoms with E-state index >= 15 is 0 Å². The van der Waals surface area contributed by atoms with Gasteiger partial charge in [-0.25, -0.2) is 12.8 Å². The second kappa shape index (κ2) is 9.34. The van der Waals surface area contributed by atoms with Crippen molar-refractivity contribution in [1.82, 2.24) is 9.21 Å². The van der Waals surface area contributed by atoms with Crippen molar-refractivity contribution in [3.05, 3.63) is 54.3 Å². The predicted octanol–water partition coefficient (Wildman–Crippen LogP) is 2.17. The Labute approximate surface area is 170 Å². The summed E-state index contributed by atoms with van der Waals surface area (Å²) in [4.78, 5) is 14.2. The summed E-state index contributed by atoms with van der Waals surface area (Å²) >= 11 is 0. The second-order valence-electron chi connectivity index (χ2n) is 6.64. The molecule has 29 heavy (non-hydrogen) atoms. The number of nitrogens with one attached hydrogen (secondary N) is 1. The maximum absolute atomic E-state index is 13.0. The van der Waals surface area contributed by atoms with Gasteiger partial charge in [-0.15, -0.1) is 0 Å². The molecule has 0 spiro atoms. The summed E-state index contributed by atoms with van der Waals surface area (Å²) in [5.41, 5.74) is 0.677. The van der Waals surface area contributed by atoms with E-state index in [1.807, 2.05) is 11.8 Å². The van der Waals surface area contributed by atoms with Gasteiger partial charge in [0.15, 0.2) is 0 Å². The second-order valence-corrected chi connectivity index (χ2v) is 8.58. The van der Waals surface area contributed by atoms with E-state index in [1.54, 1.807) is 24.3 Å². The molecular formula is C20H24FN3O4S. The molecule has 1 heterocycles.